The highest BCUT2D eigenvalue weighted by atomic mass is 15.1. The lowest BCUT2D eigenvalue weighted by molar-refractivity contribution is 0.343. The van der Waals surface area contributed by atoms with Crippen LogP contribution in [0.4, 0.5) is 0 Å². The summed E-state index contributed by atoms with van der Waals surface area (Å²) < 4.78 is 0. The summed E-state index contributed by atoms with van der Waals surface area (Å²) >= 11 is 0. The molecule has 2 nitrogen and oxygen atoms in total. The lowest BCUT2D eigenvalue weighted by Gasteiger charge is -2.27. The first kappa shape index (κ1) is 10.6. The number of hydrogen-bond acceptors (Lipinski definition) is 2. The van der Waals surface area contributed by atoms with Crippen molar-refractivity contribution in [2.45, 2.75) is 38.5 Å². The smallest absolute Gasteiger partial charge is 0.0171 e. The van der Waals surface area contributed by atoms with Crippen LogP contribution in [0.25, 0.3) is 0 Å². The van der Waals surface area contributed by atoms with Crippen LogP contribution >= 0.6 is 0 Å². The fourth-order valence-electron chi connectivity index (χ4n) is 1.80. The second kappa shape index (κ2) is 6.03. The summed E-state index contributed by atoms with van der Waals surface area (Å²) in [6, 6.07) is 0. The van der Waals surface area contributed by atoms with Crippen molar-refractivity contribution in [2.75, 3.05) is 20.1 Å². The van der Waals surface area contributed by atoms with Gasteiger partial charge < -0.3 is 10.6 Å². The van der Waals surface area contributed by atoms with Crippen molar-refractivity contribution in [3.63, 3.8) is 0 Å². The van der Waals surface area contributed by atoms with Crippen molar-refractivity contribution >= 4 is 0 Å². The highest BCUT2D eigenvalue weighted by Gasteiger charge is 2.09. The number of rotatable bonds is 4. The minimum absolute atomic E-state index is 0.832. The summed E-state index contributed by atoms with van der Waals surface area (Å²) in [6.45, 7) is 2.07. The molecule has 0 saturated carbocycles. The van der Waals surface area contributed by atoms with Crippen LogP contribution in [0.5, 0.6) is 0 Å². The molecule has 0 aliphatic carbocycles. The molecule has 0 amide bonds. The average molecular weight is 182 g/mol. The summed E-state index contributed by atoms with van der Waals surface area (Å²) in [5.41, 5.74) is 6.99. The molecule has 1 aliphatic heterocycles. The SMILES string of the molecule is CN1CCCC/C1=C\CCCCN. The van der Waals surface area contributed by atoms with E-state index in [1.54, 1.807) is 5.70 Å². The van der Waals surface area contributed by atoms with Crippen LogP contribution in [0.3, 0.4) is 0 Å². The number of nitrogens with zero attached hydrogens (tertiary/aromatic N) is 1. The van der Waals surface area contributed by atoms with Crippen LogP contribution < -0.4 is 5.73 Å². The molecule has 0 aromatic heterocycles. The Morgan fingerprint density at radius 2 is 2.23 bits per heavy atom. The standard InChI is InChI=1S/C11H22N2/c1-13-10-6-4-8-11(13)7-3-2-5-9-12/h7H,2-6,8-10,12H2,1H3/b11-7+. The van der Waals surface area contributed by atoms with Crippen LogP contribution in [-0.2, 0) is 0 Å². The number of allylic oxidation sites excluding steroid dienone is 2. The van der Waals surface area contributed by atoms with Gasteiger partial charge in [0.25, 0.3) is 0 Å². The van der Waals surface area contributed by atoms with Gasteiger partial charge in [0.2, 0.25) is 0 Å². The van der Waals surface area contributed by atoms with Gasteiger partial charge in [-0.3, -0.25) is 0 Å². The lowest BCUT2D eigenvalue weighted by atomic mass is 10.1. The number of unbranched alkanes of at least 4 members (excludes halogenated alkanes) is 2. The van der Waals surface area contributed by atoms with E-state index in [-0.39, 0.29) is 0 Å². The molecule has 1 rings (SSSR count). The van der Waals surface area contributed by atoms with Crippen LogP contribution in [-0.4, -0.2) is 25.0 Å². The van der Waals surface area contributed by atoms with Gasteiger partial charge in [0.05, 0.1) is 0 Å². The van der Waals surface area contributed by atoms with Crippen molar-refractivity contribution in [3.8, 4) is 0 Å². The predicted octanol–water partition coefficient (Wildman–Crippen LogP) is 2.12. The highest BCUT2D eigenvalue weighted by molar-refractivity contribution is 5.02. The van der Waals surface area contributed by atoms with Crippen molar-refractivity contribution < 1.29 is 0 Å². The zero-order chi connectivity index (χ0) is 9.52. The highest BCUT2D eigenvalue weighted by Crippen LogP contribution is 2.19. The molecule has 0 bridgehead atoms. The first-order chi connectivity index (χ1) is 6.34. The maximum absolute atomic E-state index is 5.44. The van der Waals surface area contributed by atoms with E-state index in [1.165, 1.54) is 38.6 Å². The molecule has 0 unspecified atom stereocenters. The minimum Gasteiger partial charge on any atom is -0.378 e. The summed E-state index contributed by atoms with van der Waals surface area (Å²) in [7, 11) is 2.20. The quantitative estimate of drug-likeness (QED) is 0.675. The normalized spacial score (nSPS) is 21.1. The van der Waals surface area contributed by atoms with Gasteiger partial charge >= 0.3 is 0 Å². The molecule has 76 valence electrons. The summed E-state index contributed by atoms with van der Waals surface area (Å²) in [4.78, 5) is 2.39. The summed E-state index contributed by atoms with van der Waals surface area (Å²) in [5, 5.41) is 0. The topological polar surface area (TPSA) is 29.3 Å². The van der Waals surface area contributed by atoms with Crippen LogP contribution in [0, 0.1) is 0 Å². The van der Waals surface area contributed by atoms with E-state index >= 15 is 0 Å². The van der Waals surface area contributed by atoms with E-state index in [4.69, 9.17) is 5.73 Å². The summed E-state index contributed by atoms with van der Waals surface area (Å²) in [6.07, 6.45) is 10.0. The first-order valence-corrected chi connectivity index (χ1v) is 5.45. The zero-order valence-electron chi connectivity index (χ0n) is 8.76. The number of likely N-dealkylation sites (tertiary alicyclic amines) is 1. The monoisotopic (exact) mass is 182 g/mol. The van der Waals surface area contributed by atoms with Gasteiger partial charge in [-0.1, -0.05) is 6.08 Å². The fraction of sp³-hybridized carbons (Fsp3) is 0.818. The van der Waals surface area contributed by atoms with Crippen molar-refractivity contribution in [2.24, 2.45) is 5.73 Å². The van der Waals surface area contributed by atoms with Crippen molar-refractivity contribution in [3.05, 3.63) is 11.8 Å². The van der Waals surface area contributed by atoms with E-state index in [0.29, 0.717) is 0 Å². The Morgan fingerprint density at radius 3 is 2.92 bits per heavy atom. The fourth-order valence-corrected chi connectivity index (χ4v) is 1.80. The number of hydrogen-bond donors (Lipinski definition) is 1. The Bertz CT molecular complexity index is 163. The third kappa shape index (κ3) is 3.81. The van der Waals surface area contributed by atoms with E-state index in [2.05, 4.69) is 18.0 Å². The second-order valence-corrected chi connectivity index (χ2v) is 3.86. The van der Waals surface area contributed by atoms with Gasteiger partial charge in [0.1, 0.15) is 0 Å². The largest absolute Gasteiger partial charge is 0.378 e. The van der Waals surface area contributed by atoms with Gasteiger partial charge in [-0.15, -0.1) is 0 Å². The molecule has 0 spiro atoms. The average Bonchev–Trinajstić information content (AvgIpc) is 2.15. The molecular formula is C11H22N2. The Morgan fingerprint density at radius 1 is 1.38 bits per heavy atom. The van der Waals surface area contributed by atoms with Gasteiger partial charge in [-0.25, -0.2) is 0 Å². The van der Waals surface area contributed by atoms with Gasteiger partial charge in [-0.05, 0) is 45.1 Å². The third-order valence-electron chi connectivity index (χ3n) is 2.70. The zero-order valence-corrected chi connectivity index (χ0v) is 8.76. The van der Waals surface area contributed by atoms with E-state index in [9.17, 15) is 0 Å². The lowest BCUT2D eigenvalue weighted by Crippen LogP contribution is -2.23. The molecular weight excluding hydrogens is 160 g/mol. The Kier molecular flexibility index (Phi) is 4.91. The van der Waals surface area contributed by atoms with Crippen LogP contribution in [0.2, 0.25) is 0 Å². The number of nitrogens with two attached hydrogens (primary N) is 1. The molecule has 13 heavy (non-hydrogen) atoms. The molecule has 1 aliphatic rings. The second-order valence-electron chi connectivity index (χ2n) is 3.86. The Hall–Kier alpha value is -0.500. The molecule has 1 saturated heterocycles. The van der Waals surface area contributed by atoms with E-state index < -0.39 is 0 Å². The van der Waals surface area contributed by atoms with Crippen LogP contribution in [0.1, 0.15) is 38.5 Å². The van der Waals surface area contributed by atoms with Gasteiger partial charge in [0.15, 0.2) is 0 Å². The van der Waals surface area contributed by atoms with Gasteiger partial charge in [-0.2, -0.15) is 0 Å². The predicted molar refractivity (Wildman–Crippen MR) is 57.5 cm³/mol. The van der Waals surface area contributed by atoms with E-state index in [0.717, 1.165) is 13.0 Å². The van der Waals surface area contributed by atoms with Gasteiger partial charge in [0, 0.05) is 19.3 Å². The molecule has 0 aromatic carbocycles. The summed E-state index contributed by atoms with van der Waals surface area (Å²) in [5.74, 6) is 0. The maximum atomic E-state index is 5.44. The number of piperidine rings is 1. The van der Waals surface area contributed by atoms with Crippen LogP contribution in [0.15, 0.2) is 11.8 Å². The molecule has 2 heteroatoms. The Labute approximate surface area is 81.8 Å². The molecule has 1 heterocycles. The van der Waals surface area contributed by atoms with Crippen molar-refractivity contribution in [1.82, 2.24) is 4.90 Å². The minimum atomic E-state index is 0.832. The molecule has 2 N–H and O–H groups in total. The Balaban J connectivity index is 2.22. The first-order valence-electron chi connectivity index (χ1n) is 5.45. The molecule has 0 atom stereocenters. The molecule has 0 aromatic rings. The third-order valence-corrected chi connectivity index (χ3v) is 2.70. The molecule has 1 fully saturated rings. The molecule has 0 radical (unpaired) electrons. The van der Waals surface area contributed by atoms with E-state index in [1.807, 2.05) is 0 Å². The van der Waals surface area contributed by atoms with Crippen molar-refractivity contribution in [1.29, 1.82) is 0 Å². The maximum Gasteiger partial charge on any atom is 0.0171 e.